The van der Waals surface area contributed by atoms with E-state index in [-0.39, 0.29) is 19.6 Å². The summed E-state index contributed by atoms with van der Waals surface area (Å²) in [6, 6.07) is 0. The van der Waals surface area contributed by atoms with Crippen LogP contribution in [-0.4, -0.2) is 97.5 Å². The summed E-state index contributed by atoms with van der Waals surface area (Å²) in [6.45, 7) is 3.83. The van der Waals surface area contributed by atoms with Crippen molar-refractivity contribution in [3.8, 4) is 0 Å². The van der Waals surface area contributed by atoms with Gasteiger partial charge in [0.1, 0.15) is 30.5 Å². The van der Waals surface area contributed by atoms with Gasteiger partial charge < -0.3 is 34.3 Å². The van der Waals surface area contributed by atoms with Crippen molar-refractivity contribution in [1.29, 1.82) is 0 Å². The highest BCUT2D eigenvalue weighted by Gasteiger charge is 2.48. The Kier molecular flexibility index (Phi) is 48.9. The Balaban J connectivity index is 2.34. The zero-order chi connectivity index (χ0) is 55.3. The average Bonchev–Trinajstić information content (AvgIpc) is 3.40. The first-order valence-corrected chi connectivity index (χ1v) is 31.0. The van der Waals surface area contributed by atoms with Crippen molar-refractivity contribution in [2.24, 2.45) is 0 Å². The smallest absolute Gasteiger partial charge is 0.397 e. The summed E-state index contributed by atoms with van der Waals surface area (Å²) in [6.07, 6.45) is 65.5. The molecule has 0 radical (unpaired) electrons. The molecule has 6 atom stereocenters. The molecular weight excluding hydrogens is 981 g/mol. The van der Waals surface area contributed by atoms with Crippen molar-refractivity contribution in [2.45, 2.75) is 256 Å². The Morgan fingerprint density at radius 2 is 0.908 bits per heavy atom. The van der Waals surface area contributed by atoms with Crippen molar-refractivity contribution in [1.82, 2.24) is 0 Å². The third-order valence-electron chi connectivity index (χ3n) is 12.9. The van der Waals surface area contributed by atoms with E-state index in [1.165, 1.54) is 103 Å². The van der Waals surface area contributed by atoms with E-state index in [2.05, 4.69) is 127 Å². The molecule has 1 fully saturated rings. The Morgan fingerprint density at radius 1 is 0.513 bits per heavy atom. The molecule has 1 heterocycles. The molecule has 1 aliphatic heterocycles. The Morgan fingerprint density at radius 3 is 1.33 bits per heavy atom. The van der Waals surface area contributed by atoms with Gasteiger partial charge in [-0.25, -0.2) is 4.18 Å². The van der Waals surface area contributed by atoms with Crippen LogP contribution in [0.25, 0.3) is 0 Å². The number of rotatable bonds is 51. The van der Waals surface area contributed by atoms with Gasteiger partial charge in [0.15, 0.2) is 6.29 Å². The van der Waals surface area contributed by atoms with Gasteiger partial charge in [-0.15, -0.1) is 0 Å². The molecule has 12 nitrogen and oxygen atoms in total. The number of ether oxygens (including phenoxy) is 4. The maximum Gasteiger partial charge on any atom is 0.397 e. The first kappa shape index (κ1) is 70.8. The van der Waals surface area contributed by atoms with Crippen LogP contribution in [0.4, 0.5) is 0 Å². The van der Waals surface area contributed by atoms with Gasteiger partial charge in [0.25, 0.3) is 0 Å². The highest BCUT2D eigenvalue weighted by molar-refractivity contribution is 7.80. The van der Waals surface area contributed by atoms with Crippen LogP contribution in [0.2, 0.25) is 0 Å². The topological polar surface area (TPSA) is 178 Å². The van der Waals surface area contributed by atoms with Gasteiger partial charge in [-0.1, -0.05) is 220 Å². The predicted molar refractivity (Wildman–Crippen MR) is 312 cm³/mol. The van der Waals surface area contributed by atoms with Gasteiger partial charge in [0.05, 0.1) is 19.8 Å². The molecule has 0 saturated carbocycles. The molecule has 0 aromatic rings. The number of carbonyl (C=O) groups is 1. The number of hydrogen-bond donors (Lipinski definition) is 4. The molecule has 13 heteroatoms. The standard InChI is InChI=1S/C63H106O12S/c1-3-5-7-9-11-13-15-17-19-21-23-25-27-29-30-32-34-36-38-40-42-44-46-48-50-52-59(65)73-57(56-72-63-61(67)62(75-76(68,69)70)60(66)58(54-64)74-63)55-71-53-51-49-47-45-43-41-39-37-35-33-31-28-26-24-22-20-18-16-14-12-10-8-6-4-2/h5,7,11,13,16-19,22-25,29-30,34,36,40,42,57-58,60-64,66-67H,3-4,6,8-10,12,14-15,20-21,26-28,31-33,35,37-39,41,43-56H2,1-2H3,(H,68,69,70)/b7-5-,13-11-,18-16-,19-17-,24-22-,25-23-,30-29-,36-34-,42-40-. The number of hydrogen-bond acceptors (Lipinski definition) is 11. The van der Waals surface area contributed by atoms with Gasteiger partial charge in [-0.3, -0.25) is 9.35 Å². The molecule has 0 aromatic carbocycles. The van der Waals surface area contributed by atoms with Gasteiger partial charge in [0.2, 0.25) is 0 Å². The molecular formula is C63H106O12S. The highest BCUT2D eigenvalue weighted by atomic mass is 32.3. The van der Waals surface area contributed by atoms with Crippen molar-refractivity contribution in [3.05, 3.63) is 109 Å². The lowest BCUT2D eigenvalue weighted by atomic mass is 9.99. The van der Waals surface area contributed by atoms with Crippen molar-refractivity contribution >= 4 is 16.4 Å². The first-order chi connectivity index (χ1) is 37.1. The van der Waals surface area contributed by atoms with Crippen LogP contribution < -0.4 is 0 Å². The summed E-state index contributed by atoms with van der Waals surface area (Å²) >= 11 is 0. The number of aliphatic hydroxyl groups is 3. The number of allylic oxidation sites excluding steroid dienone is 18. The molecule has 1 rings (SSSR count). The third kappa shape index (κ3) is 44.7. The fourth-order valence-electron chi connectivity index (χ4n) is 8.45. The minimum absolute atomic E-state index is 0.0147. The van der Waals surface area contributed by atoms with E-state index >= 15 is 0 Å². The summed E-state index contributed by atoms with van der Waals surface area (Å²) < 4.78 is 59.4. The quantitative estimate of drug-likeness (QED) is 0.0196. The van der Waals surface area contributed by atoms with Crippen LogP contribution in [0.1, 0.15) is 219 Å². The van der Waals surface area contributed by atoms with Crippen LogP contribution in [0.3, 0.4) is 0 Å². The van der Waals surface area contributed by atoms with E-state index < -0.39 is 59.8 Å². The lowest BCUT2D eigenvalue weighted by Gasteiger charge is -2.41. The van der Waals surface area contributed by atoms with Crippen molar-refractivity contribution < 1.29 is 56.2 Å². The maximum atomic E-state index is 13.0. The molecule has 0 aromatic heterocycles. The summed E-state index contributed by atoms with van der Waals surface area (Å²) in [7, 11) is -5.08. The molecule has 76 heavy (non-hydrogen) atoms. The van der Waals surface area contributed by atoms with Crippen molar-refractivity contribution in [3.63, 3.8) is 0 Å². The van der Waals surface area contributed by atoms with E-state index in [9.17, 15) is 33.1 Å². The molecule has 1 saturated heterocycles. The van der Waals surface area contributed by atoms with E-state index in [1.54, 1.807) is 0 Å². The minimum atomic E-state index is -5.08. The Bertz CT molecular complexity index is 1730. The van der Waals surface area contributed by atoms with Crippen LogP contribution in [-0.2, 0) is 38.3 Å². The van der Waals surface area contributed by atoms with Gasteiger partial charge >= 0.3 is 16.4 Å². The van der Waals surface area contributed by atoms with Gasteiger partial charge in [-0.05, 0) is 103 Å². The summed E-state index contributed by atoms with van der Waals surface area (Å²) in [5.74, 6) is -0.433. The lowest BCUT2D eigenvalue weighted by molar-refractivity contribution is -0.301. The van der Waals surface area contributed by atoms with Gasteiger partial charge in [0, 0.05) is 13.0 Å². The van der Waals surface area contributed by atoms with Crippen LogP contribution in [0, 0.1) is 0 Å². The zero-order valence-corrected chi connectivity index (χ0v) is 48.1. The van der Waals surface area contributed by atoms with E-state index in [4.69, 9.17) is 18.9 Å². The molecule has 0 spiro atoms. The normalized spacial score (nSPS) is 19.4. The van der Waals surface area contributed by atoms with Crippen LogP contribution in [0.15, 0.2) is 109 Å². The monoisotopic (exact) mass is 1090 g/mol. The predicted octanol–water partition coefficient (Wildman–Crippen LogP) is 15.1. The fraction of sp³-hybridized carbons (Fsp3) is 0.698. The zero-order valence-electron chi connectivity index (χ0n) is 47.3. The number of unbranched alkanes of at least 4 members (excludes halogenated alkanes) is 20. The van der Waals surface area contributed by atoms with E-state index in [1.807, 2.05) is 0 Å². The molecule has 0 aliphatic carbocycles. The number of aliphatic hydroxyl groups excluding tert-OH is 3. The average molecular weight is 1090 g/mol. The number of esters is 1. The summed E-state index contributed by atoms with van der Waals surface area (Å²) in [5.41, 5.74) is 0. The van der Waals surface area contributed by atoms with Crippen molar-refractivity contribution in [2.75, 3.05) is 26.4 Å². The molecule has 1 aliphatic rings. The Hall–Kier alpha value is -3.24. The minimum Gasteiger partial charge on any atom is -0.457 e. The first-order valence-electron chi connectivity index (χ1n) is 29.6. The lowest BCUT2D eigenvalue weighted by Crippen LogP contribution is -2.60. The number of carbonyl (C=O) groups excluding carboxylic acids is 1. The fourth-order valence-corrected chi connectivity index (χ4v) is 8.96. The Labute approximate surface area is 462 Å². The van der Waals surface area contributed by atoms with Gasteiger partial charge in [-0.2, -0.15) is 8.42 Å². The van der Waals surface area contributed by atoms with E-state index in [0.717, 1.165) is 89.9 Å². The molecule has 0 amide bonds. The third-order valence-corrected chi connectivity index (χ3v) is 13.3. The maximum absolute atomic E-state index is 13.0. The highest BCUT2D eigenvalue weighted by Crippen LogP contribution is 2.26. The van der Waals surface area contributed by atoms with Crippen LogP contribution >= 0.6 is 0 Å². The molecule has 6 unspecified atom stereocenters. The second-order valence-electron chi connectivity index (χ2n) is 19.8. The molecule has 436 valence electrons. The second-order valence-corrected chi connectivity index (χ2v) is 20.9. The summed E-state index contributed by atoms with van der Waals surface area (Å²) in [4.78, 5) is 13.0. The molecule has 4 N–H and O–H groups in total. The largest absolute Gasteiger partial charge is 0.457 e. The van der Waals surface area contributed by atoms with Crippen LogP contribution in [0.5, 0.6) is 0 Å². The summed E-state index contributed by atoms with van der Waals surface area (Å²) in [5, 5.41) is 30.9. The SMILES string of the molecule is CC/C=C\C/C=C\C/C=C\C/C=C\C/C=C\C/C=C\C/C=C\CCCCCC(=O)OC(COCCCCCCCCCCCCCC/C=C\C/C=C\CCCCCCC)COC1OC(CO)C(O)C(OS(=O)(=O)O)C1O. The van der Waals surface area contributed by atoms with E-state index in [0.29, 0.717) is 13.0 Å². The molecule has 0 bridgehead atoms. The second kappa shape index (κ2) is 52.5.